The summed E-state index contributed by atoms with van der Waals surface area (Å²) in [7, 11) is 0. The summed E-state index contributed by atoms with van der Waals surface area (Å²) in [5.74, 6) is -0.736. The van der Waals surface area contributed by atoms with Crippen molar-refractivity contribution in [2.45, 2.75) is 18.9 Å². The lowest BCUT2D eigenvalue weighted by atomic mass is 10.1. The number of nitrogens with zero attached hydrogens (tertiary/aromatic N) is 5. The Kier molecular flexibility index (Phi) is 3.57. The molecule has 1 aromatic carbocycles. The number of carbonyl (C=O) groups is 3. The number of pyridine rings is 1. The van der Waals surface area contributed by atoms with Crippen molar-refractivity contribution in [1.29, 1.82) is 0 Å². The zero-order chi connectivity index (χ0) is 19.3. The molecule has 2 N–H and O–H groups in total. The number of hydrogen-bond acceptors (Lipinski definition) is 6. The van der Waals surface area contributed by atoms with Gasteiger partial charge in [0, 0.05) is 18.4 Å². The lowest BCUT2D eigenvalue weighted by molar-refractivity contribution is -0.119. The van der Waals surface area contributed by atoms with E-state index >= 15 is 0 Å². The topological polar surface area (TPSA) is 122 Å². The highest BCUT2D eigenvalue weighted by Gasteiger charge is 2.38. The zero-order valence-electron chi connectivity index (χ0n) is 14.6. The second-order valence-electron chi connectivity index (χ2n) is 6.76. The number of rotatable bonds is 2. The summed E-state index contributed by atoms with van der Waals surface area (Å²) in [5.41, 5.74) is 2.18. The van der Waals surface area contributed by atoms with E-state index < -0.39 is 6.04 Å². The van der Waals surface area contributed by atoms with Gasteiger partial charge >= 0.3 is 0 Å². The van der Waals surface area contributed by atoms with E-state index in [4.69, 9.17) is 0 Å². The summed E-state index contributed by atoms with van der Waals surface area (Å²) in [6.45, 7) is 0.554. The molecule has 28 heavy (non-hydrogen) atoms. The second kappa shape index (κ2) is 6.12. The average Bonchev–Trinajstić information content (AvgIpc) is 3.35. The number of nitrogens with one attached hydrogen (secondary N) is 2. The third-order valence-corrected chi connectivity index (χ3v) is 5.04. The highest BCUT2D eigenvalue weighted by Crippen LogP contribution is 2.30. The van der Waals surface area contributed by atoms with Gasteiger partial charge in [0.15, 0.2) is 5.65 Å². The lowest BCUT2D eigenvalue weighted by Crippen LogP contribution is -2.40. The van der Waals surface area contributed by atoms with Gasteiger partial charge in [-0.15, -0.1) is 5.10 Å². The standard InChI is InChI=1S/C18H15N7O3/c26-16(10-3-6-15-21-22-23-25(15)9-10)19-11-4-5-13-12(8-11)18(28)24-7-1-2-14(24)17(27)20-13/h3-6,8-9,14H,1-2,7H2,(H,19,26)(H,20,27)/t14-/m0/s1. The summed E-state index contributed by atoms with van der Waals surface area (Å²) < 4.78 is 1.40. The van der Waals surface area contributed by atoms with Gasteiger partial charge in [-0.05, 0) is 53.6 Å². The fraction of sp³-hybridized carbons (Fsp3) is 0.222. The Labute approximate surface area is 158 Å². The van der Waals surface area contributed by atoms with Crippen molar-refractivity contribution in [3.63, 3.8) is 0 Å². The van der Waals surface area contributed by atoms with Crippen LogP contribution in [-0.2, 0) is 4.79 Å². The first-order valence-corrected chi connectivity index (χ1v) is 8.85. The van der Waals surface area contributed by atoms with Gasteiger partial charge in [-0.1, -0.05) is 0 Å². The first kappa shape index (κ1) is 16.4. The monoisotopic (exact) mass is 377 g/mol. The van der Waals surface area contributed by atoms with Crippen molar-refractivity contribution in [2.75, 3.05) is 17.2 Å². The minimum absolute atomic E-state index is 0.170. The van der Waals surface area contributed by atoms with E-state index in [-0.39, 0.29) is 17.7 Å². The van der Waals surface area contributed by atoms with Gasteiger partial charge in [0.1, 0.15) is 6.04 Å². The Hall–Kier alpha value is -3.82. The quantitative estimate of drug-likeness (QED) is 0.685. The van der Waals surface area contributed by atoms with Crippen molar-refractivity contribution < 1.29 is 14.4 Å². The fourth-order valence-electron chi connectivity index (χ4n) is 3.64. The molecule has 0 spiro atoms. The van der Waals surface area contributed by atoms with Gasteiger partial charge in [0.05, 0.1) is 16.8 Å². The summed E-state index contributed by atoms with van der Waals surface area (Å²) in [5, 5.41) is 16.7. The van der Waals surface area contributed by atoms with Gasteiger partial charge in [0.25, 0.3) is 11.8 Å². The number of hydrogen-bond donors (Lipinski definition) is 2. The predicted octanol–water partition coefficient (Wildman–Crippen LogP) is 0.933. The van der Waals surface area contributed by atoms with Crippen molar-refractivity contribution in [3.05, 3.63) is 47.7 Å². The van der Waals surface area contributed by atoms with Gasteiger partial charge in [-0.2, -0.15) is 4.52 Å². The van der Waals surface area contributed by atoms with Crippen molar-refractivity contribution in [1.82, 2.24) is 24.9 Å². The number of aromatic nitrogens is 4. The van der Waals surface area contributed by atoms with E-state index in [9.17, 15) is 14.4 Å². The van der Waals surface area contributed by atoms with Crippen LogP contribution in [0, 0.1) is 0 Å². The fourth-order valence-corrected chi connectivity index (χ4v) is 3.64. The summed E-state index contributed by atoms with van der Waals surface area (Å²) in [4.78, 5) is 39.4. The van der Waals surface area contributed by atoms with Crippen LogP contribution in [0.3, 0.4) is 0 Å². The first-order chi connectivity index (χ1) is 13.6. The third kappa shape index (κ3) is 2.57. The van der Waals surface area contributed by atoms with Crippen LogP contribution in [0.2, 0.25) is 0 Å². The first-order valence-electron chi connectivity index (χ1n) is 8.85. The van der Waals surface area contributed by atoms with Gasteiger partial charge < -0.3 is 15.5 Å². The Balaban J connectivity index is 1.44. The van der Waals surface area contributed by atoms with Crippen molar-refractivity contribution >= 4 is 34.7 Å². The molecule has 1 saturated heterocycles. The van der Waals surface area contributed by atoms with Crippen LogP contribution in [0.4, 0.5) is 11.4 Å². The van der Waals surface area contributed by atoms with Gasteiger partial charge in [-0.3, -0.25) is 14.4 Å². The molecule has 2 aliphatic heterocycles. The molecular weight excluding hydrogens is 362 g/mol. The molecule has 3 aromatic rings. The number of tetrazole rings is 1. The SMILES string of the molecule is O=C(Nc1ccc2c(c1)C(=O)N1CCC[C@H]1C(=O)N2)c1ccc2nnnn2c1. The summed E-state index contributed by atoms with van der Waals surface area (Å²) in [6.07, 6.45) is 2.98. The number of carbonyl (C=O) groups excluding carboxylic acids is 3. The van der Waals surface area contributed by atoms with Crippen LogP contribution in [0.5, 0.6) is 0 Å². The van der Waals surface area contributed by atoms with Gasteiger partial charge in [-0.25, -0.2) is 0 Å². The molecule has 0 aliphatic carbocycles. The van der Waals surface area contributed by atoms with Crippen LogP contribution >= 0.6 is 0 Å². The van der Waals surface area contributed by atoms with Crippen molar-refractivity contribution in [3.8, 4) is 0 Å². The van der Waals surface area contributed by atoms with E-state index in [0.29, 0.717) is 41.1 Å². The summed E-state index contributed by atoms with van der Waals surface area (Å²) in [6, 6.07) is 7.69. The smallest absolute Gasteiger partial charge is 0.257 e. The number of anilines is 2. The number of fused-ring (bicyclic) bond motifs is 3. The maximum Gasteiger partial charge on any atom is 0.257 e. The second-order valence-corrected chi connectivity index (χ2v) is 6.76. The number of amides is 3. The van der Waals surface area contributed by atoms with E-state index in [2.05, 4.69) is 26.2 Å². The molecular formula is C18H15N7O3. The molecule has 140 valence electrons. The molecule has 1 fully saturated rings. The third-order valence-electron chi connectivity index (χ3n) is 5.04. The van der Waals surface area contributed by atoms with Gasteiger partial charge in [0.2, 0.25) is 5.91 Å². The molecule has 2 aliphatic rings. The molecule has 2 aromatic heterocycles. The number of benzene rings is 1. The molecule has 3 amide bonds. The van der Waals surface area contributed by atoms with Crippen LogP contribution in [0.25, 0.3) is 5.65 Å². The summed E-state index contributed by atoms with van der Waals surface area (Å²) >= 11 is 0. The van der Waals surface area contributed by atoms with Crippen LogP contribution in [-0.4, -0.2) is 55.2 Å². The largest absolute Gasteiger partial charge is 0.327 e. The van der Waals surface area contributed by atoms with E-state index in [1.165, 1.54) is 10.7 Å². The Bertz CT molecular complexity index is 1140. The molecule has 0 radical (unpaired) electrons. The molecule has 0 unspecified atom stereocenters. The normalized spacial score (nSPS) is 18.4. The Morgan fingerprint density at radius 2 is 2.11 bits per heavy atom. The van der Waals surface area contributed by atoms with E-state index in [0.717, 1.165) is 6.42 Å². The highest BCUT2D eigenvalue weighted by molar-refractivity contribution is 6.11. The predicted molar refractivity (Wildman–Crippen MR) is 97.9 cm³/mol. The molecule has 1 atom stereocenters. The Morgan fingerprint density at radius 3 is 3.00 bits per heavy atom. The molecule has 5 rings (SSSR count). The molecule has 10 heteroatoms. The van der Waals surface area contributed by atoms with Crippen LogP contribution in [0.1, 0.15) is 33.6 Å². The highest BCUT2D eigenvalue weighted by atomic mass is 16.2. The maximum absolute atomic E-state index is 12.9. The lowest BCUT2D eigenvalue weighted by Gasteiger charge is -2.20. The molecule has 0 bridgehead atoms. The maximum atomic E-state index is 12.9. The Morgan fingerprint density at radius 1 is 1.21 bits per heavy atom. The zero-order valence-corrected chi connectivity index (χ0v) is 14.6. The molecule has 0 saturated carbocycles. The average molecular weight is 377 g/mol. The minimum Gasteiger partial charge on any atom is -0.327 e. The van der Waals surface area contributed by atoms with Crippen LogP contribution in [0.15, 0.2) is 36.5 Å². The molecule has 10 nitrogen and oxygen atoms in total. The van der Waals surface area contributed by atoms with E-state index in [1.54, 1.807) is 35.2 Å². The molecule has 4 heterocycles. The van der Waals surface area contributed by atoms with E-state index in [1.807, 2.05) is 0 Å². The minimum atomic E-state index is -0.430. The van der Waals surface area contributed by atoms with Crippen LogP contribution < -0.4 is 10.6 Å². The van der Waals surface area contributed by atoms with Crippen molar-refractivity contribution in [2.24, 2.45) is 0 Å².